The molecule has 1 fully saturated rings. The van der Waals surface area contributed by atoms with E-state index in [0.29, 0.717) is 23.7 Å². The highest BCUT2D eigenvalue weighted by Crippen LogP contribution is 2.39. The Morgan fingerprint density at radius 2 is 1.76 bits per heavy atom. The number of hydrogen-bond donors (Lipinski definition) is 1. The van der Waals surface area contributed by atoms with E-state index in [4.69, 9.17) is 0 Å². The fourth-order valence-corrected chi connectivity index (χ4v) is 5.05. The number of nitrogens with zero attached hydrogens (tertiary/aromatic N) is 5. The Hall–Kier alpha value is -3.99. The second-order valence-electron chi connectivity index (χ2n) is 11.1. The smallest absolute Gasteiger partial charge is 0.356 e. The molecule has 2 aromatic carbocycles. The molecule has 1 atom stereocenters. The van der Waals surface area contributed by atoms with Crippen LogP contribution in [-0.4, -0.2) is 51.6 Å². The van der Waals surface area contributed by atoms with E-state index in [9.17, 15) is 22.8 Å². The zero-order chi connectivity index (χ0) is 34.3. The molecular formula is C35H49F3N6O2. The Morgan fingerprint density at radius 1 is 1.11 bits per heavy atom. The molecule has 0 radical (unpaired) electrons. The van der Waals surface area contributed by atoms with Crippen LogP contribution in [0.25, 0.3) is 0 Å². The molecule has 1 saturated heterocycles. The highest BCUT2D eigenvalue weighted by atomic mass is 19.4. The van der Waals surface area contributed by atoms with Gasteiger partial charge in [-0.15, -0.1) is 10.2 Å². The van der Waals surface area contributed by atoms with Crippen LogP contribution in [0.4, 0.5) is 18.9 Å². The van der Waals surface area contributed by atoms with Crippen LogP contribution in [0.15, 0.2) is 61.4 Å². The zero-order valence-corrected chi connectivity index (χ0v) is 28.0. The van der Waals surface area contributed by atoms with E-state index in [1.54, 1.807) is 43.7 Å². The minimum atomic E-state index is -4.48. The maximum Gasteiger partial charge on any atom is 0.416 e. The molecule has 0 aliphatic carbocycles. The predicted octanol–water partition coefficient (Wildman–Crippen LogP) is 7.20. The van der Waals surface area contributed by atoms with Gasteiger partial charge < -0.3 is 14.8 Å². The fraction of sp³-hybridized carbons (Fsp3) is 0.486. The molecule has 2 amide bonds. The molecule has 2 aliphatic rings. The molecule has 0 spiro atoms. The van der Waals surface area contributed by atoms with Gasteiger partial charge >= 0.3 is 6.18 Å². The first-order valence-corrected chi connectivity index (χ1v) is 16.0. The van der Waals surface area contributed by atoms with Gasteiger partial charge in [-0.3, -0.25) is 14.5 Å². The van der Waals surface area contributed by atoms with Crippen LogP contribution in [-0.2, 0) is 37.5 Å². The fourth-order valence-electron chi connectivity index (χ4n) is 5.05. The number of halogens is 3. The topological polar surface area (TPSA) is 83.4 Å². The van der Waals surface area contributed by atoms with Gasteiger partial charge in [-0.1, -0.05) is 65.3 Å². The highest BCUT2D eigenvalue weighted by molar-refractivity contribution is 6.10. The Kier molecular flexibility index (Phi) is 15.7. The number of hydrogen-bond acceptors (Lipinski definition) is 5. The third kappa shape index (κ3) is 11.1. The van der Waals surface area contributed by atoms with Crippen molar-refractivity contribution in [3.8, 4) is 0 Å². The minimum Gasteiger partial charge on any atom is -0.356 e. The second-order valence-corrected chi connectivity index (χ2v) is 11.1. The third-order valence-electron chi connectivity index (χ3n) is 7.79. The number of benzene rings is 2. The van der Waals surface area contributed by atoms with Gasteiger partial charge in [0.15, 0.2) is 0 Å². The molecule has 1 N–H and O–H groups in total. The maximum absolute atomic E-state index is 13.7. The van der Waals surface area contributed by atoms with E-state index in [0.717, 1.165) is 38.2 Å². The Morgan fingerprint density at radius 3 is 2.26 bits per heavy atom. The number of amides is 2. The number of nitrogens with one attached hydrogen (secondary N) is 1. The van der Waals surface area contributed by atoms with E-state index in [2.05, 4.69) is 40.8 Å². The van der Waals surface area contributed by atoms with Gasteiger partial charge in [-0.25, -0.2) is 0 Å². The number of carbonyl (C=O) groups is 2. The summed E-state index contributed by atoms with van der Waals surface area (Å²) in [6, 6.07) is 11.7. The largest absolute Gasteiger partial charge is 0.416 e. The first-order valence-electron chi connectivity index (χ1n) is 16.0. The zero-order valence-electron chi connectivity index (χ0n) is 28.0. The number of aromatic nitrogens is 3. The van der Waals surface area contributed by atoms with Crippen LogP contribution in [0.1, 0.15) is 86.3 Å². The van der Waals surface area contributed by atoms with Crippen molar-refractivity contribution in [3.05, 3.63) is 89.5 Å². The number of likely N-dealkylation sites (N-methyl/N-ethyl adjacent to an activating group) is 1. The number of alkyl halides is 3. The molecule has 0 bridgehead atoms. The SMILES string of the molecule is C=CC(=O)NC.CC.CCC(C)Cc1nncn1C.O=C1c2cc(CN3CCCCC3)cc(C(F)(F)F)c2CN1c1ccccc1. The predicted molar refractivity (Wildman–Crippen MR) is 177 cm³/mol. The summed E-state index contributed by atoms with van der Waals surface area (Å²) in [4.78, 5) is 26.4. The monoisotopic (exact) mass is 642 g/mol. The van der Waals surface area contributed by atoms with Crippen molar-refractivity contribution in [2.75, 3.05) is 25.0 Å². The normalized spacial score (nSPS) is 14.8. The molecule has 0 saturated carbocycles. The lowest BCUT2D eigenvalue weighted by atomic mass is 9.98. The van der Waals surface area contributed by atoms with Crippen molar-refractivity contribution in [3.63, 3.8) is 0 Å². The van der Waals surface area contributed by atoms with Crippen molar-refractivity contribution in [2.45, 2.75) is 79.1 Å². The van der Waals surface area contributed by atoms with Crippen molar-refractivity contribution in [1.82, 2.24) is 25.0 Å². The summed E-state index contributed by atoms with van der Waals surface area (Å²) in [7, 11) is 3.54. The lowest BCUT2D eigenvalue weighted by Gasteiger charge is -2.27. The first kappa shape index (κ1) is 38.2. The quantitative estimate of drug-likeness (QED) is 0.276. The average Bonchev–Trinajstić information content (AvgIpc) is 3.63. The highest BCUT2D eigenvalue weighted by Gasteiger charge is 2.40. The van der Waals surface area contributed by atoms with Gasteiger partial charge in [0.25, 0.3) is 5.91 Å². The average molecular weight is 643 g/mol. The molecule has 1 aromatic heterocycles. The van der Waals surface area contributed by atoms with Crippen LogP contribution in [0.5, 0.6) is 0 Å². The van der Waals surface area contributed by atoms with E-state index >= 15 is 0 Å². The molecule has 8 nitrogen and oxygen atoms in total. The van der Waals surface area contributed by atoms with Crippen LogP contribution < -0.4 is 10.2 Å². The van der Waals surface area contributed by atoms with Gasteiger partial charge in [-0.05, 0) is 73.3 Å². The van der Waals surface area contributed by atoms with Gasteiger partial charge in [0.05, 0.1) is 12.1 Å². The lowest BCUT2D eigenvalue weighted by molar-refractivity contribution is -0.138. The summed E-state index contributed by atoms with van der Waals surface area (Å²) >= 11 is 0. The van der Waals surface area contributed by atoms with Crippen LogP contribution in [0, 0.1) is 5.92 Å². The van der Waals surface area contributed by atoms with Gasteiger partial charge in [0.1, 0.15) is 12.2 Å². The Balaban J connectivity index is 0.000000320. The lowest BCUT2D eigenvalue weighted by Crippen LogP contribution is -2.29. The van der Waals surface area contributed by atoms with E-state index in [1.807, 2.05) is 31.5 Å². The number of para-hydroxylation sites is 1. The van der Waals surface area contributed by atoms with E-state index in [-0.39, 0.29) is 29.5 Å². The molecule has 46 heavy (non-hydrogen) atoms. The van der Waals surface area contributed by atoms with Crippen molar-refractivity contribution < 1.29 is 22.8 Å². The maximum atomic E-state index is 13.7. The first-order chi connectivity index (χ1) is 22.0. The van der Waals surface area contributed by atoms with Crippen molar-refractivity contribution in [2.24, 2.45) is 13.0 Å². The molecule has 3 aromatic rings. The number of rotatable bonds is 7. The minimum absolute atomic E-state index is 0.0446. The summed E-state index contributed by atoms with van der Waals surface area (Å²) in [6.45, 7) is 13.8. The summed E-state index contributed by atoms with van der Waals surface area (Å²) in [5, 5.41) is 10.2. The van der Waals surface area contributed by atoms with Gasteiger partial charge in [0, 0.05) is 38.3 Å². The number of fused-ring (bicyclic) bond motifs is 1. The molecule has 252 valence electrons. The van der Waals surface area contributed by atoms with Gasteiger partial charge in [-0.2, -0.15) is 13.2 Å². The molecule has 2 aliphatic heterocycles. The number of anilines is 1. The van der Waals surface area contributed by atoms with Crippen LogP contribution >= 0.6 is 0 Å². The molecule has 11 heteroatoms. The summed E-state index contributed by atoms with van der Waals surface area (Å²) < 4.78 is 43.1. The van der Waals surface area contributed by atoms with Crippen molar-refractivity contribution in [1.29, 1.82) is 0 Å². The number of piperidine rings is 1. The van der Waals surface area contributed by atoms with Gasteiger partial charge in [0.2, 0.25) is 5.91 Å². The summed E-state index contributed by atoms with van der Waals surface area (Å²) in [6.07, 6.45) is 4.03. The van der Waals surface area contributed by atoms with E-state index < -0.39 is 11.7 Å². The van der Waals surface area contributed by atoms with E-state index in [1.165, 1.54) is 29.9 Å². The number of aryl methyl sites for hydroxylation is 1. The second kappa shape index (κ2) is 18.9. The molecular weight excluding hydrogens is 593 g/mol. The molecule has 1 unspecified atom stereocenters. The summed E-state index contributed by atoms with van der Waals surface area (Å²) in [5.74, 6) is 1.29. The summed E-state index contributed by atoms with van der Waals surface area (Å²) in [5.41, 5.74) is 0.758. The Bertz CT molecular complexity index is 1380. The number of carbonyl (C=O) groups excluding carboxylic acids is 2. The molecule has 3 heterocycles. The third-order valence-corrected chi connectivity index (χ3v) is 7.79. The number of likely N-dealkylation sites (tertiary alicyclic amines) is 1. The molecule has 5 rings (SSSR count). The van der Waals surface area contributed by atoms with Crippen molar-refractivity contribution >= 4 is 17.5 Å². The standard InChI is InChI=1S/C21H21F3N2O.C8H15N3.C4H7NO.C2H6/c22-21(23,24)19-12-15(13-25-9-5-2-6-10-25)11-17-18(19)14-26(20(17)27)16-7-3-1-4-8-16;1-4-7(2)5-8-10-9-6-11(8)3;1-3-4(6)5-2;1-2/h1,3-4,7-8,11-12H,2,5-6,9-10,13-14H2;6-7H,4-5H2,1-3H3;3H,1H2,2H3,(H,5,6);1-2H3. The van der Waals surface area contributed by atoms with Crippen LogP contribution in [0.2, 0.25) is 0 Å². The van der Waals surface area contributed by atoms with Crippen LogP contribution in [0.3, 0.4) is 0 Å². The Labute approximate surface area is 271 Å².